The van der Waals surface area contributed by atoms with Crippen molar-refractivity contribution in [3.8, 4) is 11.5 Å². The molecule has 1 aromatic rings. The standard InChI is InChI=1S/C19H26ClN3O5/c1-26-16-9-13(8-15(20)19(16)28-12-18(25)27-2)10-22-23-17(24)11-21-14-6-4-3-5-7-14/h8-10,14,21H,3-7,11-12H2,1-2H3,(H,23,24)/b22-10-. The maximum Gasteiger partial charge on any atom is 0.343 e. The molecular weight excluding hydrogens is 386 g/mol. The molecule has 1 saturated carbocycles. The van der Waals surface area contributed by atoms with Crippen molar-refractivity contribution in [2.75, 3.05) is 27.4 Å². The number of nitrogens with one attached hydrogen (secondary N) is 2. The number of methoxy groups -OCH3 is 2. The molecule has 0 aromatic heterocycles. The molecule has 0 spiro atoms. The number of rotatable bonds is 9. The van der Waals surface area contributed by atoms with Crippen LogP contribution in [0.2, 0.25) is 5.02 Å². The van der Waals surface area contributed by atoms with Gasteiger partial charge < -0.3 is 19.5 Å². The SMILES string of the molecule is COC(=O)COc1c(Cl)cc(/C=N\NC(=O)CNC2CCCCC2)cc1OC. The van der Waals surface area contributed by atoms with Crippen molar-refractivity contribution in [2.24, 2.45) is 5.10 Å². The van der Waals surface area contributed by atoms with Gasteiger partial charge in [-0.1, -0.05) is 30.9 Å². The first-order valence-electron chi connectivity index (χ1n) is 9.16. The fourth-order valence-corrected chi connectivity index (χ4v) is 3.18. The predicted octanol–water partition coefficient (Wildman–Crippen LogP) is 2.27. The van der Waals surface area contributed by atoms with Crippen molar-refractivity contribution < 1.29 is 23.8 Å². The van der Waals surface area contributed by atoms with Gasteiger partial charge in [0.1, 0.15) is 0 Å². The highest BCUT2D eigenvalue weighted by molar-refractivity contribution is 6.32. The Morgan fingerprint density at radius 3 is 2.68 bits per heavy atom. The lowest BCUT2D eigenvalue weighted by Crippen LogP contribution is -2.38. The molecule has 0 aliphatic heterocycles. The fourth-order valence-electron chi connectivity index (χ4n) is 2.91. The van der Waals surface area contributed by atoms with E-state index >= 15 is 0 Å². The lowest BCUT2D eigenvalue weighted by atomic mass is 9.95. The van der Waals surface area contributed by atoms with Gasteiger partial charge in [-0.05, 0) is 30.5 Å². The highest BCUT2D eigenvalue weighted by Gasteiger charge is 2.15. The summed E-state index contributed by atoms with van der Waals surface area (Å²) in [5, 5.41) is 7.44. The van der Waals surface area contributed by atoms with Gasteiger partial charge in [-0.15, -0.1) is 0 Å². The Hall–Kier alpha value is -2.32. The minimum atomic E-state index is -0.534. The van der Waals surface area contributed by atoms with E-state index in [2.05, 4.69) is 20.6 Å². The second-order valence-corrected chi connectivity index (χ2v) is 6.82. The third-order valence-corrected chi connectivity index (χ3v) is 4.65. The highest BCUT2D eigenvalue weighted by atomic mass is 35.5. The van der Waals surface area contributed by atoms with E-state index in [-0.39, 0.29) is 29.8 Å². The molecule has 1 fully saturated rings. The molecule has 9 heteroatoms. The molecular formula is C19H26ClN3O5. The highest BCUT2D eigenvalue weighted by Crippen LogP contribution is 2.36. The van der Waals surface area contributed by atoms with E-state index in [0.717, 1.165) is 12.8 Å². The number of carbonyl (C=O) groups excluding carboxylic acids is 2. The molecule has 8 nitrogen and oxygen atoms in total. The van der Waals surface area contributed by atoms with E-state index in [1.807, 2.05) is 0 Å². The van der Waals surface area contributed by atoms with Gasteiger partial charge in [0, 0.05) is 6.04 Å². The summed E-state index contributed by atoms with van der Waals surface area (Å²) in [7, 11) is 2.72. The number of amides is 1. The fraction of sp³-hybridized carbons (Fsp3) is 0.526. The lowest BCUT2D eigenvalue weighted by Gasteiger charge is -2.22. The second-order valence-electron chi connectivity index (χ2n) is 6.41. The largest absolute Gasteiger partial charge is 0.493 e. The minimum Gasteiger partial charge on any atom is -0.493 e. The Morgan fingerprint density at radius 1 is 1.25 bits per heavy atom. The maximum absolute atomic E-state index is 11.9. The van der Waals surface area contributed by atoms with Crippen LogP contribution in [0.15, 0.2) is 17.2 Å². The summed E-state index contributed by atoms with van der Waals surface area (Å²) in [6.45, 7) is -0.0591. The van der Waals surface area contributed by atoms with Crippen molar-refractivity contribution in [2.45, 2.75) is 38.1 Å². The number of nitrogens with zero attached hydrogens (tertiary/aromatic N) is 1. The molecule has 0 unspecified atom stereocenters. The normalized spacial score (nSPS) is 14.7. The van der Waals surface area contributed by atoms with Crippen molar-refractivity contribution >= 4 is 29.7 Å². The molecule has 1 aliphatic rings. The Morgan fingerprint density at radius 2 is 2.00 bits per heavy atom. The molecule has 2 rings (SSSR count). The topological polar surface area (TPSA) is 98.3 Å². The average molecular weight is 412 g/mol. The number of benzene rings is 1. The molecule has 28 heavy (non-hydrogen) atoms. The van der Waals surface area contributed by atoms with Crippen LogP contribution in [0.1, 0.15) is 37.7 Å². The van der Waals surface area contributed by atoms with E-state index in [1.165, 1.54) is 39.7 Å². The monoisotopic (exact) mass is 411 g/mol. The van der Waals surface area contributed by atoms with Crippen LogP contribution in [0, 0.1) is 0 Å². The number of hydrogen-bond donors (Lipinski definition) is 2. The van der Waals surface area contributed by atoms with Crippen LogP contribution in [-0.4, -0.2) is 51.5 Å². The molecule has 0 saturated heterocycles. The van der Waals surface area contributed by atoms with Gasteiger partial charge in [0.05, 0.1) is 32.0 Å². The van der Waals surface area contributed by atoms with E-state index < -0.39 is 5.97 Å². The van der Waals surface area contributed by atoms with Crippen LogP contribution in [0.5, 0.6) is 11.5 Å². The van der Waals surface area contributed by atoms with Crippen LogP contribution in [0.4, 0.5) is 0 Å². The first kappa shape index (κ1) is 22.0. The molecule has 1 aliphatic carbocycles. The molecule has 1 aromatic carbocycles. The van der Waals surface area contributed by atoms with Crippen LogP contribution in [-0.2, 0) is 14.3 Å². The minimum absolute atomic E-state index is 0.210. The van der Waals surface area contributed by atoms with Crippen molar-refractivity contribution in [1.29, 1.82) is 0 Å². The number of carbonyl (C=O) groups is 2. The van der Waals surface area contributed by atoms with Gasteiger partial charge in [-0.25, -0.2) is 10.2 Å². The second kappa shape index (κ2) is 11.5. The van der Waals surface area contributed by atoms with Crippen LogP contribution >= 0.6 is 11.6 Å². The third-order valence-electron chi connectivity index (χ3n) is 4.37. The summed E-state index contributed by atoms with van der Waals surface area (Å²) in [5.41, 5.74) is 3.09. The number of ether oxygens (including phenoxy) is 3. The van der Waals surface area contributed by atoms with Gasteiger partial charge in [0.2, 0.25) is 0 Å². The van der Waals surface area contributed by atoms with E-state index in [4.69, 9.17) is 21.1 Å². The predicted molar refractivity (Wildman–Crippen MR) is 106 cm³/mol. The van der Waals surface area contributed by atoms with Crippen LogP contribution in [0.25, 0.3) is 0 Å². The zero-order valence-electron chi connectivity index (χ0n) is 16.1. The molecule has 154 valence electrons. The van der Waals surface area contributed by atoms with E-state index in [9.17, 15) is 9.59 Å². The van der Waals surface area contributed by atoms with Gasteiger partial charge >= 0.3 is 5.97 Å². The molecule has 1 amide bonds. The number of halogens is 1. The smallest absolute Gasteiger partial charge is 0.343 e. The summed E-state index contributed by atoms with van der Waals surface area (Å²) in [6.07, 6.45) is 7.36. The van der Waals surface area contributed by atoms with E-state index in [0.29, 0.717) is 17.4 Å². The number of esters is 1. The molecule has 0 atom stereocenters. The molecule has 2 N–H and O–H groups in total. The first-order chi connectivity index (χ1) is 13.5. The summed E-state index contributed by atoms with van der Waals surface area (Å²) in [5.74, 6) is -0.179. The Bertz CT molecular complexity index is 705. The summed E-state index contributed by atoms with van der Waals surface area (Å²) in [4.78, 5) is 23.1. The van der Waals surface area contributed by atoms with Gasteiger partial charge in [-0.2, -0.15) is 5.10 Å². The van der Waals surface area contributed by atoms with Gasteiger partial charge in [-0.3, -0.25) is 4.79 Å². The zero-order valence-corrected chi connectivity index (χ0v) is 16.9. The van der Waals surface area contributed by atoms with Crippen molar-refractivity contribution in [3.63, 3.8) is 0 Å². The van der Waals surface area contributed by atoms with Crippen molar-refractivity contribution in [3.05, 3.63) is 22.7 Å². The van der Waals surface area contributed by atoms with Gasteiger partial charge in [0.25, 0.3) is 5.91 Å². The quantitative estimate of drug-likeness (QED) is 0.367. The van der Waals surface area contributed by atoms with Crippen LogP contribution < -0.4 is 20.2 Å². The van der Waals surface area contributed by atoms with E-state index in [1.54, 1.807) is 12.1 Å². The molecule has 0 radical (unpaired) electrons. The van der Waals surface area contributed by atoms with Gasteiger partial charge in [0.15, 0.2) is 18.1 Å². The number of hydrogen-bond acceptors (Lipinski definition) is 7. The summed E-state index contributed by atoms with van der Waals surface area (Å²) >= 11 is 6.20. The Kier molecular flexibility index (Phi) is 9.03. The Balaban J connectivity index is 1.88. The molecule has 0 heterocycles. The average Bonchev–Trinajstić information content (AvgIpc) is 2.71. The zero-order chi connectivity index (χ0) is 20.4. The third kappa shape index (κ3) is 7.01. The first-order valence-corrected chi connectivity index (χ1v) is 9.53. The summed E-state index contributed by atoms with van der Waals surface area (Å²) in [6, 6.07) is 3.63. The Labute approximate surface area is 169 Å². The number of hydrazone groups is 1. The lowest BCUT2D eigenvalue weighted by molar-refractivity contribution is -0.142. The van der Waals surface area contributed by atoms with Crippen LogP contribution in [0.3, 0.4) is 0 Å². The molecule has 0 bridgehead atoms. The summed E-state index contributed by atoms with van der Waals surface area (Å²) < 4.78 is 15.1. The maximum atomic E-state index is 11.9. The van der Waals surface area contributed by atoms with Crippen molar-refractivity contribution in [1.82, 2.24) is 10.7 Å².